The molecule has 0 aliphatic rings. The topological polar surface area (TPSA) is 102 Å². The molecule has 0 aliphatic heterocycles. The minimum Gasteiger partial charge on any atom is -0.454 e. The first kappa shape index (κ1) is 22.3. The fraction of sp³-hybridized carbons (Fsp3) is 0.238. The number of ether oxygens (including phenoxy) is 1. The molecule has 2 rings (SSSR count). The van der Waals surface area contributed by atoms with E-state index in [1.807, 2.05) is 25.1 Å². The molecule has 0 heterocycles. The number of sulfonamides is 1. The molecule has 0 aliphatic carbocycles. The lowest BCUT2D eigenvalue weighted by Crippen LogP contribution is -2.39. The van der Waals surface area contributed by atoms with Crippen molar-refractivity contribution in [3.8, 4) is 0 Å². The van der Waals surface area contributed by atoms with Gasteiger partial charge in [-0.25, -0.2) is 8.42 Å². The van der Waals surface area contributed by atoms with Crippen LogP contribution in [0.2, 0.25) is 0 Å². The summed E-state index contributed by atoms with van der Waals surface area (Å²) in [5.74, 6) is -1.36. The average Bonchev–Trinajstić information content (AvgIpc) is 2.71. The molecule has 0 unspecified atom stereocenters. The van der Waals surface area contributed by atoms with Gasteiger partial charge in [0, 0.05) is 11.1 Å². The maximum atomic E-state index is 12.1. The Morgan fingerprint density at radius 1 is 1.07 bits per heavy atom. The first-order chi connectivity index (χ1) is 13.8. The highest BCUT2D eigenvalue weighted by molar-refractivity contribution is 7.92. The minimum absolute atomic E-state index is 0.512. The van der Waals surface area contributed by atoms with Crippen LogP contribution >= 0.6 is 0 Å². The second-order valence-corrected chi connectivity index (χ2v) is 7.90. The van der Waals surface area contributed by atoms with Crippen molar-refractivity contribution in [1.82, 2.24) is 4.72 Å². The smallest absolute Gasteiger partial charge is 0.324 e. The molecule has 1 atom stereocenters. The number of esters is 1. The quantitative estimate of drug-likeness (QED) is 0.612. The third-order valence-electron chi connectivity index (χ3n) is 3.93. The van der Waals surface area contributed by atoms with Crippen LogP contribution in [0.3, 0.4) is 0 Å². The van der Waals surface area contributed by atoms with Gasteiger partial charge in [0.1, 0.15) is 6.04 Å². The highest BCUT2D eigenvalue weighted by Gasteiger charge is 2.20. The summed E-state index contributed by atoms with van der Waals surface area (Å²) in [6.45, 7) is 2.86. The number of carbonyl (C=O) groups excluding carboxylic acids is 2. The van der Waals surface area contributed by atoms with E-state index < -0.39 is 34.5 Å². The Morgan fingerprint density at radius 3 is 2.34 bits per heavy atom. The summed E-state index contributed by atoms with van der Waals surface area (Å²) in [6, 6.07) is 15.0. The van der Waals surface area contributed by atoms with Crippen molar-refractivity contribution in [1.29, 1.82) is 0 Å². The van der Waals surface area contributed by atoms with Gasteiger partial charge in [0.05, 0.1) is 0 Å². The zero-order valence-electron chi connectivity index (χ0n) is 16.3. The summed E-state index contributed by atoms with van der Waals surface area (Å²) in [5.41, 5.74) is 2.43. The van der Waals surface area contributed by atoms with Crippen LogP contribution in [0.25, 0.3) is 6.08 Å². The van der Waals surface area contributed by atoms with Crippen LogP contribution in [0.5, 0.6) is 0 Å². The standard InChI is InChI=1S/C21H24N2O5S/c1-3-17-9-11-19(12-10-17)22-20(24)15-28-21(25)16(2)23-29(26,27)14-13-18-7-5-4-6-8-18/h4-14,16,23H,3,15H2,1-2H3,(H,22,24)/b14-13+/t16-/m0/s1. The van der Waals surface area contributed by atoms with Crippen molar-refractivity contribution in [2.75, 3.05) is 11.9 Å². The highest BCUT2D eigenvalue weighted by atomic mass is 32.2. The van der Waals surface area contributed by atoms with Gasteiger partial charge in [-0.05, 0) is 42.7 Å². The van der Waals surface area contributed by atoms with Gasteiger partial charge < -0.3 is 10.1 Å². The molecule has 2 aromatic rings. The molecule has 2 aromatic carbocycles. The molecule has 0 bridgehead atoms. The molecule has 2 N–H and O–H groups in total. The molecule has 0 radical (unpaired) electrons. The van der Waals surface area contributed by atoms with E-state index in [1.165, 1.54) is 13.0 Å². The molecular formula is C21H24N2O5S. The summed E-state index contributed by atoms with van der Waals surface area (Å²) in [4.78, 5) is 23.9. The van der Waals surface area contributed by atoms with Crippen molar-refractivity contribution in [2.24, 2.45) is 0 Å². The zero-order valence-corrected chi connectivity index (χ0v) is 17.1. The van der Waals surface area contributed by atoms with E-state index in [1.54, 1.807) is 36.4 Å². The van der Waals surface area contributed by atoms with E-state index in [2.05, 4.69) is 10.0 Å². The van der Waals surface area contributed by atoms with Crippen LogP contribution in [0, 0.1) is 0 Å². The molecule has 154 valence electrons. The van der Waals surface area contributed by atoms with Crippen LogP contribution < -0.4 is 10.0 Å². The molecule has 0 saturated carbocycles. The summed E-state index contributed by atoms with van der Waals surface area (Å²) >= 11 is 0. The molecule has 0 spiro atoms. The van der Waals surface area contributed by atoms with Gasteiger partial charge in [-0.2, -0.15) is 4.72 Å². The van der Waals surface area contributed by atoms with Gasteiger partial charge in [-0.15, -0.1) is 0 Å². The zero-order chi connectivity index (χ0) is 21.3. The molecule has 0 saturated heterocycles. The summed E-state index contributed by atoms with van der Waals surface area (Å²) in [7, 11) is -3.85. The summed E-state index contributed by atoms with van der Waals surface area (Å²) in [6.07, 6.45) is 2.30. The van der Waals surface area contributed by atoms with Gasteiger partial charge in [0.25, 0.3) is 5.91 Å². The van der Waals surface area contributed by atoms with Crippen LogP contribution in [0.1, 0.15) is 25.0 Å². The van der Waals surface area contributed by atoms with E-state index in [-0.39, 0.29) is 0 Å². The maximum absolute atomic E-state index is 12.1. The van der Waals surface area contributed by atoms with Gasteiger partial charge >= 0.3 is 5.97 Å². The number of carbonyl (C=O) groups is 2. The molecule has 8 heteroatoms. The Bertz CT molecular complexity index is 954. The number of anilines is 1. The first-order valence-electron chi connectivity index (χ1n) is 9.10. The molecule has 1 amide bonds. The number of rotatable bonds is 9. The number of benzene rings is 2. The van der Waals surface area contributed by atoms with Crippen molar-refractivity contribution >= 4 is 33.7 Å². The fourth-order valence-corrected chi connectivity index (χ4v) is 3.35. The van der Waals surface area contributed by atoms with Crippen molar-refractivity contribution < 1.29 is 22.7 Å². The van der Waals surface area contributed by atoms with Crippen LogP contribution in [-0.2, 0) is 30.8 Å². The van der Waals surface area contributed by atoms with E-state index in [0.29, 0.717) is 11.3 Å². The van der Waals surface area contributed by atoms with Gasteiger partial charge in [-0.1, -0.05) is 49.4 Å². The summed E-state index contributed by atoms with van der Waals surface area (Å²) < 4.78 is 31.2. The molecule has 0 aromatic heterocycles. The lowest BCUT2D eigenvalue weighted by atomic mass is 10.1. The number of nitrogens with one attached hydrogen (secondary N) is 2. The monoisotopic (exact) mass is 416 g/mol. The normalized spacial score (nSPS) is 12.5. The fourth-order valence-electron chi connectivity index (χ4n) is 2.35. The van der Waals surface area contributed by atoms with Crippen molar-refractivity contribution in [3.05, 3.63) is 71.1 Å². The largest absolute Gasteiger partial charge is 0.454 e. The first-order valence-corrected chi connectivity index (χ1v) is 10.6. The molecule has 29 heavy (non-hydrogen) atoms. The number of hydrogen-bond acceptors (Lipinski definition) is 5. The third kappa shape index (κ3) is 7.89. The Labute approximate surface area is 170 Å². The lowest BCUT2D eigenvalue weighted by Gasteiger charge is -2.12. The van der Waals surface area contributed by atoms with Crippen molar-refractivity contribution in [3.63, 3.8) is 0 Å². The van der Waals surface area contributed by atoms with E-state index in [0.717, 1.165) is 17.4 Å². The lowest BCUT2D eigenvalue weighted by molar-refractivity contribution is -0.148. The Hall–Kier alpha value is -2.97. The third-order valence-corrected chi connectivity index (χ3v) is 5.10. The predicted octanol–water partition coefficient (Wildman–Crippen LogP) is 2.71. The van der Waals surface area contributed by atoms with Gasteiger partial charge in [0.2, 0.25) is 10.0 Å². The van der Waals surface area contributed by atoms with Crippen LogP contribution in [0.15, 0.2) is 60.0 Å². The Morgan fingerprint density at radius 2 is 1.72 bits per heavy atom. The second-order valence-electron chi connectivity index (χ2n) is 6.30. The van der Waals surface area contributed by atoms with Crippen LogP contribution in [0.4, 0.5) is 5.69 Å². The van der Waals surface area contributed by atoms with E-state index >= 15 is 0 Å². The number of aryl methyl sites for hydroxylation is 1. The van der Waals surface area contributed by atoms with Gasteiger partial charge in [-0.3, -0.25) is 9.59 Å². The van der Waals surface area contributed by atoms with E-state index in [4.69, 9.17) is 4.74 Å². The average molecular weight is 416 g/mol. The second kappa shape index (κ2) is 10.5. The van der Waals surface area contributed by atoms with E-state index in [9.17, 15) is 18.0 Å². The number of amides is 1. The maximum Gasteiger partial charge on any atom is 0.324 e. The van der Waals surface area contributed by atoms with Gasteiger partial charge in [0.15, 0.2) is 6.61 Å². The molecule has 0 fully saturated rings. The molecule has 7 nitrogen and oxygen atoms in total. The Balaban J connectivity index is 1.81. The predicted molar refractivity (Wildman–Crippen MR) is 112 cm³/mol. The van der Waals surface area contributed by atoms with Crippen molar-refractivity contribution in [2.45, 2.75) is 26.3 Å². The highest BCUT2D eigenvalue weighted by Crippen LogP contribution is 2.10. The minimum atomic E-state index is -3.85. The molecular weight excluding hydrogens is 392 g/mol. The SMILES string of the molecule is CCc1ccc(NC(=O)COC(=O)[C@H](C)NS(=O)(=O)/C=C/c2ccccc2)cc1. The van der Waals surface area contributed by atoms with Crippen LogP contribution in [-0.4, -0.2) is 32.9 Å². The number of hydrogen-bond donors (Lipinski definition) is 2. The Kier molecular flexibility index (Phi) is 8.11. The summed E-state index contributed by atoms with van der Waals surface area (Å²) in [5, 5.41) is 3.58.